The highest BCUT2D eigenvalue weighted by Gasteiger charge is 2.48. The molecule has 2 unspecified atom stereocenters. The third-order valence-corrected chi connectivity index (χ3v) is 3.03. The van der Waals surface area contributed by atoms with Gasteiger partial charge in [0.1, 0.15) is 0 Å². The Morgan fingerprint density at radius 2 is 1.58 bits per heavy atom. The van der Waals surface area contributed by atoms with Crippen molar-refractivity contribution in [1.82, 2.24) is 0 Å². The summed E-state index contributed by atoms with van der Waals surface area (Å²) in [5, 5.41) is 0. The van der Waals surface area contributed by atoms with E-state index in [0.717, 1.165) is 11.8 Å². The Morgan fingerprint density at radius 3 is 1.58 bits per heavy atom. The summed E-state index contributed by atoms with van der Waals surface area (Å²) in [6, 6.07) is 0. The van der Waals surface area contributed by atoms with Crippen molar-refractivity contribution in [2.45, 2.75) is 34.1 Å². The van der Waals surface area contributed by atoms with Crippen LogP contribution in [-0.4, -0.2) is 6.73 Å². The maximum absolute atomic E-state index is 4.94. The van der Waals surface area contributed by atoms with Crippen molar-refractivity contribution < 1.29 is 0 Å². The minimum Gasteiger partial charge on any atom is -0.130 e. The summed E-state index contributed by atoms with van der Waals surface area (Å²) in [5.74, 6) is 1.87. The smallest absolute Gasteiger partial charge is 0.130 e. The first kappa shape index (κ1) is 13.1. The summed E-state index contributed by atoms with van der Waals surface area (Å²) in [5.41, 5.74) is 0.708. The van der Waals surface area contributed by atoms with E-state index < -0.39 is 6.73 Å². The van der Waals surface area contributed by atoms with Crippen LogP contribution in [0.1, 0.15) is 34.1 Å². The van der Waals surface area contributed by atoms with E-state index in [1.807, 2.05) is 0 Å². The quantitative estimate of drug-likeness (QED) is 0.483. The lowest BCUT2D eigenvalue weighted by molar-refractivity contribution is 0.366. The highest BCUT2D eigenvalue weighted by atomic mass is 35.8. The van der Waals surface area contributed by atoms with Crippen LogP contribution in [0.25, 0.3) is 0 Å². The fourth-order valence-electron chi connectivity index (χ4n) is 1.41. The van der Waals surface area contributed by atoms with E-state index in [4.69, 9.17) is 33.2 Å². The molecule has 1 saturated carbocycles. The molecule has 0 radical (unpaired) electrons. The molecule has 0 aromatic carbocycles. The molecular formula is C8H17Cl3Si. The monoisotopic (exact) mass is 246 g/mol. The van der Waals surface area contributed by atoms with Crippen LogP contribution in [0.4, 0.5) is 0 Å². The van der Waals surface area contributed by atoms with Gasteiger partial charge in [0.05, 0.1) is 0 Å². The maximum Gasteiger partial charge on any atom is 0.326 e. The van der Waals surface area contributed by atoms with E-state index in [1.54, 1.807) is 0 Å². The van der Waals surface area contributed by atoms with Crippen LogP contribution in [0, 0.1) is 17.3 Å². The average Bonchev–Trinajstić information content (AvgIpc) is 2.40. The van der Waals surface area contributed by atoms with Crippen LogP contribution in [0.15, 0.2) is 0 Å². The van der Waals surface area contributed by atoms with Crippen LogP contribution in [0.3, 0.4) is 0 Å². The molecule has 0 bridgehead atoms. The van der Waals surface area contributed by atoms with Gasteiger partial charge in [-0.1, -0.05) is 27.7 Å². The van der Waals surface area contributed by atoms with Gasteiger partial charge in [0.15, 0.2) is 0 Å². The highest BCUT2D eigenvalue weighted by Crippen LogP contribution is 2.56. The second-order valence-corrected chi connectivity index (χ2v) is 10.4. The maximum atomic E-state index is 4.94. The molecule has 1 aliphatic carbocycles. The van der Waals surface area contributed by atoms with Crippen molar-refractivity contribution in [2.24, 2.45) is 17.3 Å². The highest BCUT2D eigenvalue weighted by molar-refractivity contribution is 7.54. The third kappa shape index (κ3) is 4.36. The SMILES string of the molecule is CC(C)C1(C)CC1C.Cl[SiH](Cl)Cl. The lowest BCUT2D eigenvalue weighted by atomic mass is 9.93. The van der Waals surface area contributed by atoms with Gasteiger partial charge >= 0.3 is 6.73 Å². The zero-order chi connectivity index (χ0) is 9.94. The zero-order valence-corrected chi connectivity index (χ0v) is 11.5. The number of halogens is 3. The lowest BCUT2D eigenvalue weighted by Crippen LogP contribution is -2.05. The molecule has 2 atom stereocenters. The minimum absolute atomic E-state index is 0.708. The van der Waals surface area contributed by atoms with E-state index in [-0.39, 0.29) is 0 Å². The van der Waals surface area contributed by atoms with E-state index in [0.29, 0.717) is 5.41 Å². The Bertz CT molecular complexity index is 136. The van der Waals surface area contributed by atoms with Gasteiger partial charge in [-0.2, -0.15) is 0 Å². The molecule has 0 heterocycles. The molecule has 74 valence electrons. The third-order valence-electron chi connectivity index (χ3n) is 3.03. The zero-order valence-electron chi connectivity index (χ0n) is 8.07. The second kappa shape index (κ2) is 5.09. The predicted molar refractivity (Wildman–Crippen MR) is 61.4 cm³/mol. The van der Waals surface area contributed by atoms with Gasteiger partial charge in [-0.25, -0.2) is 0 Å². The summed E-state index contributed by atoms with van der Waals surface area (Å²) in [6.07, 6.45) is 1.45. The summed E-state index contributed by atoms with van der Waals surface area (Å²) in [4.78, 5) is 0. The Morgan fingerprint density at radius 1 is 1.33 bits per heavy atom. The van der Waals surface area contributed by atoms with E-state index in [2.05, 4.69) is 27.7 Å². The fraction of sp³-hybridized carbons (Fsp3) is 1.00. The van der Waals surface area contributed by atoms with Gasteiger partial charge in [-0.15, -0.1) is 33.2 Å². The van der Waals surface area contributed by atoms with Crippen LogP contribution < -0.4 is 0 Å². The van der Waals surface area contributed by atoms with Gasteiger partial charge in [-0.05, 0) is 23.7 Å². The van der Waals surface area contributed by atoms with Crippen LogP contribution in [0.2, 0.25) is 0 Å². The first-order valence-corrected chi connectivity index (χ1v) is 9.46. The summed E-state index contributed by atoms with van der Waals surface area (Å²) < 4.78 is 0. The van der Waals surface area contributed by atoms with Crippen molar-refractivity contribution in [2.75, 3.05) is 0 Å². The first-order chi connectivity index (χ1) is 5.30. The molecule has 0 amide bonds. The van der Waals surface area contributed by atoms with Crippen LogP contribution in [0.5, 0.6) is 0 Å². The molecule has 0 spiro atoms. The summed E-state index contributed by atoms with van der Waals surface area (Å²) in [6.45, 7) is 7.66. The molecule has 1 aliphatic rings. The Balaban J connectivity index is 0.000000261. The number of hydrogen-bond acceptors (Lipinski definition) is 0. The first-order valence-electron chi connectivity index (χ1n) is 4.23. The van der Waals surface area contributed by atoms with Crippen molar-refractivity contribution in [1.29, 1.82) is 0 Å². The van der Waals surface area contributed by atoms with Crippen LogP contribution in [-0.2, 0) is 0 Å². The molecule has 0 nitrogen and oxygen atoms in total. The molecule has 0 aliphatic heterocycles. The molecule has 0 saturated heterocycles. The van der Waals surface area contributed by atoms with Gasteiger partial charge < -0.3 is 0 Å². The molecular weight excluding hydrogens is 231 g/mol. The lowest BCUT2D eigenvalue weighted by Gasteiger charge is -2.13. The Kier molecular flexibility index (Phi) is 5.55. The largest absolute Gasteiger partial charge is 0.326 e. The standard InChI is InChI=1S/C8H16.Cl3HSi/c1-6(2)8(4)5-7(8)3;1-4(2)3/h6-7H,5H2,1-4H3;4H. The molecule has 0 aromatic rings. The Hall–Kier alpha value is 1.09. The fourth-order valence-corrected chi connectivity index (χ4v) is 1.41. The molecule has 0 N–H and O–H groups in total. The molecule has 0 aromatic heterocycles. The van der Waals surface area contributed by atoms with E-state index >= 15 is 0 Å². The van der Waals surface area contributed by atoms with Crippen molar-refractivity contribution in [3.8, 4) is 0 Å². The Labute approximate surface area is 91.3 Å². The molecule has 4 heteroatoms. The van der Waals surface area contributed by atoms with E-state index in [1.165, 1.54) is 6.42 Å². The van der Waals surface area contributed by atoms with Crippen molar-refractivity contribution in [3.63, 3.8) is 0 Å². The average molecular weight is 248 g/mol. The summed E-state index contributed by atoms with van der Waals surface area (Å²) >= 11 is 14.8. The van der Waals surface area contributed by atoms with Crippen molar-refractivity contribution >= 4 is 40.0 Å². The van der Waals surface area contributed by atoms with Gasteiger partial charge in [0.25, 0.3) is 0 Å². The van der Waals surface area contributed by atoms with Gasteiger partial charge in [0.2, 0.25) is 0 Å². The number of rotatable bonds is 1. The molecule has 12 heavy (non-hydrogen) atoms. The summed E-state index contributed by atoms with van der Waals surface area (Å²) in [7, 11) is 0. The topological polar surface area (TPSA) is 0 Å². The minimum atomic E-state index is -1.72. The van der Waals surface area contributed by atoms with E-state index in [9.17, 15) is 0 Å². The van der Waals surface area contributed by atoms with Crippen LogP contribution >= 0.6 is 33.2 Å². The van der Waals surface area contributed by atoms with Gasteiger partial charge in [-0.3, -0.25) is 0 Å². The van der Waals surface area contributed by atoms with Crippen molar-refractivity contribution in [3.05, 3.63) is 0 Å². The predicted octanol–water partition coefficient (Wildman–Crippen LogP) is 4.11. The normalized spacial score (nSPS) is 33.2. The van der Waals surface area contributed by atoms with Gasteiger partial charge in [0, 0.05) is 0 Å². The molecule has 1 rings (SSSR count). The molecule has 1 fully saturated rings. The second-order valence-electron chi connectivity index (χ2n) is 4.01. The number of hydrogen-bond donors (Lipinski definition) is 0.